The van der Waals surface area contributed by atoms with E-state index in [4.69, 9.17) is 4.42 Å². The van der Waals surface area contributed by atoms with E-state index in [-0.39, 0.29) is 34.7 Å². The van der Waals surface area contributed by atoms with Gasteiger partial charge in [0.2, 0.25) is 0 Å². The Hall–Kier alpha value is -1.65. The van der Waals surface area contributed by atoms with Crippen LogP contribution in [0.4, 0.5) is 0 Å². The van der Waals surface area contributed by atoms with Gasteiger partial charge in [-0.15, -0.1) is 0 Å². The lowest BCUT2D eigenvalue weighted by Gasteiger charge is -2.25. The fourth-order valence-electron chi connectivity index (χ4n) is 2.36. The van der Waals surface area contributed by atoms with Crippen molar-refractivity contribution in [3.8, 4) is 0 Å². The highest BCUT2D eigenvalue weighted by molar-refractivity contribution is 6.00. The molecule has 0 radical (unpaired) electrons. The summed E-state index contributed by atoms with van der Waals surface area (Å²) < 4.78 is 7.53. The van der Waals surface area contributed by atoms with E-state index in [0.29, 0.717) is 5.76 Å². The molecule has 0 N–H and O–H groups in total. The maximum atomic E-state index is 13.2. The Morgan fingerprint density at radius 3 is 1.88 bits per heavy atom. The second kappa shape index (κ2) is 6.69. The van der Waals surface area contributed by atoms with Gasteiger partial charge in [0.05, 0.1) is 0 Å². The SMILES string of the molecule is CC(C)N=c1oc(C(C)(C)C)c(C(=O)C(C)(C)C)c(=O)n1C(C)C. The fourth-order valence-corrected chi connectivity index (χ4v) is 2.36. The molecule has 0 aliphatic carbocycles. The number of carbonyl (C=O) groups is 1. The van der Waals surface area contributed by atoms with Crippen LogP contribution in [0.5, 0.6) is 0 Å². The monoisotopic (exact) mass is 336 g/mol. The summed E-state index contributed by atoms with van der Waals surface area (Å²) in [7, 11) is 0. The molecular weight excluding hydrogens is 304 g/mol. The highest BCUT2D eigenvalue weighted by Crippen LogP contribution is 2.28. The van der Waals surface area contributed by atoms with Crippen molar-refractivity contribution in [2.75, 3.05) is 0 Å². The number of Topliss-reactive ketones (excluding diaryl/α,β-unsaturated/α-hetero) is 1. The number of carbonyl (C=O) groups excluding carboxylic acids is 1. The van der Waals surface area contributed by atoms with Gasteiger partial charge in [0, 0.05) is 22.9 Å². The predicted octanol–water partition coefficient (Wildman–Crippen LogP) is 3.86. The minimum Gasteiger partial charge on any atom is -0.429 e. The normalized spacial score (nSPS) is 13.9. The second-order valence-electron chi connectivity index (χ2n) is 8.91. The van der Waals surface area contributed by atoms with Crippen LogP contribution >= 0.6 is 0 Å². The first kappa shape index (κ1) is 20.4. The summed E-state index contributed by atoms with van der Waals surface area (Å²) in [6.07, 6.45) is 0. The molecule has 5 heteroatoms. The van der Waals surface area contributed by atoms with Gasteiger partial charge in [0.1, 0.15) is 11.3 Å². The molecule has 24 heavy (non-hydrogen) atoms. The van der Waals surface area contributed by atoms with Crippen molar-refractivity contribution in [3.63, 3.8) is 0 Å². The zero-order valence-electron chi connectivity index (χ0n) is 16.8. The Balaban J connectivity index is 4.06. The van der Waals surface area contributed by atoms with Gasteiger partial charge in [0.25, 0.3) is 11.2 Å². The molecule has 0 atom stereocenters. The molecule has 0 fully saturated rings. The number of hydrogen-bond donors (Lipinski definition) is 0. The van der Waals surface area contributed by atoms with Gasteiger partial charge in [-0.25, -0.2) is 4.99 Å². The molecule has 1 heterocycles. The average molecular weight is 336 g/mol. The van der Waals surface area contributed by atoms with Crippen molar-refractivity contribution in [2.45, 2.75) is 86.7 Å². The van der Waals surface area contributed by atoms with E-state index in [0.717, 1.165) is 0 Å². The van der Waals surface area contributed by atoms with Crippen molar-refractivity contribution in [2.24, 2.45) is 10.4 Å². The molecule has 0 aromatic carbocycles. The van der Waals surface area contributed by atoms with Crippen LogP contribution in [0.1, 0.15) is 91.4 Å². The number of ketones is 1. The van der Waals surface area contributed by atoms with Gasteiger partial charge < -0.3 is 4.42 Å². The van der Waals surface area contributed by atoms with Gasteiger partial charge in [-0.2, -0.15) is 0 Å². The van der Waals surface area contributed by atoms with E-state index in [1.807, 2.05) is 69.2 Å². The molecule has 0 aliphatic rings. The highest BCUT2D eigenvalue weighted by atomic mass is 16.4. The van der Waals surface area contributed by atoms with Crippen molar-refractivity contribution >= 4 is 5.78 Å². The Labute approximate surface area is 144 Å². The first-order chi connectivity index (χ1) is 10.7. The van der Waals surface area contributed by atoms with E-state index in [1.54, 1.807) is 0 Å². The molecule has 0 spiro atoms. The summed E-state index contributed by atoms with van der Waals surface area (Å²) in [6, 6.07) is -0.172. The van der Waals surface area contributed by atoms with Gasteiger partial charge in [0.15, 0.2) is 5.78 Å². The minimum absolute atomic E-state index is 0.0184. The summed E-state index contributed by atoms with van der Waals surface area (Å²) in [5.41, 5.74) is -1.04. The maximum absolute atomic E-state index is 13.2. The van der Waals surface area contributed by atoms with Crippen LogP contribution in [-0.2, 0) is 5.41 Å². The lowest BCUT2D eigenvalue weighted by molar-refractivity contribution is 0.0845. The summed E-state index contributed by atoms with van der Waals surface area (Å²) >= 11 is 0. The smallest absolute Gasteiger partial charge is 0.300 e. The standard InChI is InChI=1S/C19H32N2O3/c1-11(2)20-17-21(12(3)4)16(23)13(14(22)18(5,6)7)15(24-17)19(8,9)10/h11-12H,1-10H3. The largest absolute Gasteiger partial charge is 0.429 e. The van der Waals surface area contributed by atoms with Crippen molar-refractivity contribution in [1.82, 2.24) is 4.57 Å². The van der Waals surface area contributed by atoms with Crippen LogP contribution in [0.3, 0.4) is 0 Å². The van der Waals surface area contributed by atoms with E-state index in [9.17, 15) is 9.59 Å². The molecule has 1 rings (SSSR count). The first-order valence-corrected chi connectivity index (χ1v) is 8.56. The van der Waals surface area contributed by atoms with E-state index in [2.05, 4.69) is 4.99 Å². The van der Waals surface area contributed by atoms with Gasteiger partial charge in [-0.1, -0.05) is 41.5 Å². The Morgan fingerprint density at radius 1 is 1.04 bits per heavy atom. The Morgan fingerprint density at radius 2 is 1.54 bits per heavy atom. The molecule has 0 aliphatic heterocycles. The number of nitrogens with zero attached hydrogens (tertiary/aromatic N) is 2. The highest BCUT2D eigenvalue weighted by Gasteiger charge is 2.35. The lowest BCUT2D eigenvalue weighted by atomic mass is 9.81. The Bertz CT molecular complexity index is 736. The van der Waals surface area contributed by atoms with Crippen molar-refractivity contribution < 1.29 is 9.21 Å². The quantitative estimate of drug-likeness (QED) is 0.787. The summed E-state index contributed by atoms with van der Waals surface area (Å²) in [6.45, 7) is 18.9. The molecule has 1 aromatic heterocycles. The van der Waals surface area contributed by atoms with Crippen molar-refractivity contribution in [3.05, 3.63) is 27.4 Å². The van der Waals surface area contributed by atoms with Gasteiger partial charge in [-0.3, -0.25) is 14.2 Å². The maximum Gasteiger partial charge on any atom is 0.300 e. The molecule has 0 unspecified atom stereocenters. The Kier molecular flexibility index (Phi) is 5.69. The zero-order valence-corrected chi connectivity index (χ0v) is 16.8. The molecule has 1 aromatic rings. The number of aromatic nitrogens is 1. The zero-order chi connectivity index (χ0) is 19.0. The van der Waals surface area contributed by atoms with Crippen LogP contribution in [-0.4, -0.2) is 16.4 Å². The molecule has 0 saturated carbocycles. The minimum atomic E-state index is -0.666. The van der Waals surface area contributed by atoms with Crippen LogP contribution in [0.25, 0.3) is 0 Å². The molecule has 0 amide bonds. The third-order valence-electron chi connectivity index (χ3n) is 3.53. The molecule has 5 nitrogen and oxygen atoms in total. The third-order valence-corrected chi connectivity index (χ3v) is 3.53. The lowest BCUT2D eigenvalue weighted by Crippen LogP contribution is -2.43. The number of rotatable bonds is 3. The van der Waals surface area contributed by atoms with E-state index in [1.165, 1.54) is 4.57 Å². The third kappa shape index (κ3) is 4.25. The van der Waals surface area contributed by atoms with Gasteiger partial charge in [-0.05, 0) is 27.7 Å². The predicted molar refractivity (Wildman–Crippen MR) is 96.5 cm³/mol. The molecular formula is C19H32N2O3. The van der Waals surface area contributed by atoms with Crippen molar-refractivity contribution in [1.29, 1.82) is 0 Å². The summed E-state index contributed by atoms with van der Waals surface area (Å²) in [5.74, 6) is 0.204. The first-order valence-electron chi connectivity index (χ1n) is 8.56. The summed E-state index contributed by atoms with van der Waals surface area (Å²) in [5, 5.41) is 0. The second-order valence-corrected chi connectivity index (χ2v) is 8.91. The molecule has 0 saturated heterocycles. The molecule has 0 bridgehead atoms. The van der Waals surface area contributed by atoms with Crippen LogP contribution in [0.2, 0.25) is 0 Å². The summed E-state index contributed by atoms with van der Waals surface area (Å²) in [4.78, 5) is 30.6. The number of hydrogen-bond acceptors (Lipinski definition) is 4. The molecule has 136 valence electrons. The topological polar surface area (TPSA) is 64.6 Å². The fraction of sp³-hybridized carbons (Fsp3) is 0.737. The van der Waals surface area contributed by atoms with Crippen LogP contribution < -0.4 is 11.2 Å². The van der Waals surface area contributed by atoms with E-state index < -0.39 is 10.8 Å². The van der Waals surface area contributed by atoms with Crippen LogP contribution in [0.15, 0.2) is 14.2 Å². The average Bonchev–Trinajstić information content (AvgIpc) is 2.33. The van der Waals surface area contributed by atoms with E-state index >= 15 is 0 Å². The van der Waals surface area contributed by atoms with Gasteiger partial charge >= 0.3 is 0 Å². The van der Waals surface area contributed by atoms with Crippen LogP contribution in [0, 0.1) is 5.41 Å².